The van der Waals surface area contributed by atoms with Crippen molar-refractivity contribution in [2.45, 2.75) is 73.1 Å². The summed E-state index contributed by atoms with van der Waals surface area (Å²) in [7, 11) is 0. The lowest BCUT2D eigenvalue weighted by atomic mass is 9.68. The van der Waals surface area contributed by atoms with E-state index in [0.717, 1.165) is 38.5 Å². The molecular formula is C20H34O4. The second-order valence-corrected chi connectivity index (χ2v) is 8.26. The Morgan fingerprint density at radius 1 is 0.917 bits per heavy atom. The van der Waals surface area contributed by atoms with Gasteiger partial charge < -0.3 is 10.2 Å². The van der Waals surface area contributed by atoms with Gasteiger partial charge in [-0.1, -0.05) is 53.9 Å². The topological polar surface area (TPSA) is 74.6 Å². The third-order valence-electron chi connectivity index (χ3n) is 5.18. The minimum absolute atomic E-state index is 0.0396. The lowest BCUT2D eigenvalue weighted by molar-refractivity contribution is -0.140. The highest BCUT2D eigenvalue weighted by atomic mass is 16.4. The molecule has 4 nitrogen and oxygen atoms in total. The Bertz CT molecular complexity index is 450. The molecular weight excluding hydrogens is 304 g/mol. The summed E-state index contributed by atoms with van der Waals surface area (Å²) in [5.41, 5.74) is 0.352. The zero-order chi connectivity index (χ0) is 18.4. The summed E-state index contributed by atoms with van der Waals surface area (Å²) in [6.07, 6.45) is 5.87. The Kier molecular flexibility index (Phi) is 7.98. The minimum atomic E-state index is -1.28. The maximum Gasteiger partial charge on any atom is 0.343 e. The molecule has 2 N–H and O–H groups in total. The zero-order valence-electron chi connectivity index (χ0n) is 15.8. The van der Waals surface area contributed by atoms with E-state index >= 15 is 0 Å². The van der Waals surface area contributed by atoms with Gasteiger partial charge in [-0.15, -0.1) is 0 Å². The molecule has 1 saturated carbocycles. The lowest BCUT2D eigenvalue weighted by Gasteiger charge is -2.36. The second-order valence-electron chi connectivity index (χ2n) is 8.26. The number of aliphatic carboxylic acids is 2. The van der Waals surface area contributed by atoms with Crippen molar-refractivity contribution in [2.24, 2.45) is 29.6 Å². The van der Waals surface area contributed by atoms with Crippen LogP contribution in [-0.4, -0.2) is 22.2 Å². The number of carboxylic acid groups (broad SMARTS) is 2. The van der Waals surface area contributed by atoms with Gasteiger partial charge in [0.25, 0.3) is 0 Å². The molecule has 0 radical (unpaired) electrons. The summed E-state index contributed by atoms with van der Waals surface area (Å²) in [4.78, 5) is 23.5. The van der Waals surface area contributed by atoms with Crippen LogP contribution >= 0.6 is 0 Å². The standard InChI is InChI=1S/C20H34O4/c1-12(2)10-15(11-13(3)4)17(18(19(21)22)20(23)24)16-9-7-6-8-14(16)5/h12-16H,6-11H2,1-5H3,(H,21,22)(H,23,24). The Labute approximate surface area is 146 Å². The molecule has 0 aliphatic heterocycles. The summed E-state index contributed by atoms with van der Waals surface area (Å²) in [6.45, 7) is 10.6. The SMILES string of the molecule is CC(C)CC(CC(C)C)C(=C(C(=O)O)C(=O)O)C1CCCCC1C. The highest BCUT2D eigenvalue weighted by Crippen LogP contribution is 2.43. The zero-order valence-corrected chi connectivity index (χ0v) is 15.8. The fourth-order valence-electron chi connectivity index (χ4n) is 4.30. The quantitative estimate of drug-likeness (QED) is 0.371. The molecule has 1 fully saturated rings. The number of hydrogen-bond donors (Lipinski definition) is 2. The summed E-state index contributed by atoms with van der Waals surface area (Å²) in [5.74, 6) is -1.27. The van der Waals surface area contributed by atoms with Crippen LogP contribution in [0.3, 0.4) is 0 Å². The molecule has 0 saturated heterocycles. The van der Waals surface area contributed by atoms with Crippen LogP contribution in [0.5, 0.6) is 0 Å². The largest absolute Gasteiger partial charge is 0.477 e. The number of carbonyl (C=O) groups is 2. The van der Waals surface area contributed by atoms with Gasteiger partial charge in [0.05, 0.1) is 0 Å². The molecule has 24 heavy (non-hydrogen) atoms. The summed E-state index contributed by atoms with van der Waals surface area (Å²) in [5, 5.41) is 19.2. The Morgan fingerprint density at radius 2 is 1.38 bits per heavy atom. The molecule has 0 aromatic rings. The van der Waals surface area contributed by atoms with Crippen LogP contribution in [0.4, 0.5) is 0 Å². The fraction of sp³-hybridized carbons (Fsp3) is 0.800. The van der Waals surface area contributed by atoms with E-state index in [1.54, 1.807) is 0 Å². The van der Waals surface area contributed by atoms with Gasteiger partial charge in [0.15, 0.2) is 0 Å². The van der Waals surface area contributed by atoms with Gasteiger partial charge in [-0.05, 0) is 54.4 Å². The van der Waals surface area contributed by atoms with Crippen LogP contribution in [0.15, 0.2) is 11.1 Å². The molecule has 1 aliphatic carbocycles. The second kappa shape index (κ2) is 9.24. The molecule has 0 spiro atoms. The van der Waals surface area contributed by atoms with E-state index in [9.17, 15) is 19.8 Å². The summed E-state index contributed by atoms with van der Waals surface area (Å²) >= 11 is 0. The van der Waals surface area contributed by atoms with Crippen LogP contribution < -0.4 is 0 Å². The molecule has 0 heterocycles. The van der Waals surface area contributed by atoms with Crippen molar-refractivity contribution in [1.82, 2.24) is 0 Å². The molecule has 138 valence electrons. The first-order chi connectivity index (χ1) is 11.1. The van der Waals surface area contributed by atoms with Crippen molar-refractivity contribution in [3.8, 4) is 0 Å². The van der Waals surface area contributed by atoms with Gasteiger partial charge in [-0.25, -0.2) is 9.59 Å². The van der Waals surface area contributed by atoms with E-state index in [1.165, 1.54) is 0 Å². The van der Waals surface area contributed by atoms with Gasteiger partial charge >= 0.3 is 11.9 Å². The van der Waals surface area contributed by atoms with Gasteiger partial charge in [0, 0.05) is 0 Å². The summed E-state index contributed by atoms with van der Waals surface area (Å²) in [6, 6.07) is 0. The normalized spacial score (nSPS) is 21.3. The predicted octanol–water partition coefficient (Wildman–Crippen LogP) is 4.99. The first kappa shape index (κ1) is 20.7. The Balaban J connectivity index is 3.45. The molecule has 0 bridgehead atoms. The van der Waals surface area contributed by atoms with Crippen LogP contribution in [-0.2, 0) is 9.59 Å². The van der Waals surface area contributed by atoms with Gasteiger partial charge in [-0.3, -0.25) is 0 Å². The molecule has 4 heteroatoms. The number of rotatable bonds is 8. The molecule has 0 amide bonds. The number of allylic oxidation sites excluding steroid dienone is 1. The maximum atomic E-state index is 11.8. The average molecular weight is 338 g/mol. The van der Waals surface area contributed by atoms with E-state index in [-0.39, 0.29) is 17.4 Å². The molecule has 0 aromatic heterocycles. The first-order valence-corrected chi connectivity index (χ1v) is 9.35. The summed E-state index contributed by atoms with van der Waals surface area (Å²) < 4.78 is 0. The average Bonchev–Trinajstić information content (AvgIpc) is 2.43. The molecule has 1 rings (SSSR count). The lowest BCUT2D eigenvalue weighted by Crippen LogP contribution is -2.30. The maximum absolute atomic E-state index is 11.8. The highest BCUT2D eigenvalue weighted by Gasteiger charge is 2.36. The third-order valence-corrected chi connectivity index (χ3v) is 5.18. The molecule has 2 atom stereocenters. The van der Waals surface area contributed by atoms with Crippen molar-refractivity contribution in [1.29, 1.82) is 0 Å². The monoisotopic (exact) mass is 338 g/mol. The van der Waals surface area contributed by atoms with Crippen molar-refractivity contribution < 1.29 is 19.8 Å². The van der Waals surface area contributed by atoms with Crippen LogP contribution in [0, 0.1) is 29.6 Å². The van der Waals surface area contributed by atoms with Crippen molar-refractivity contribution >= 4 is 11.9 Å². The van der Waals surface area contributed by atoms with Crippen molar-refractivity contribution in [3.05, 3.63) is 11.1 Å². The molecule has 1 aliphatic rings. The van der Waals surface area contributed by atoms with Crippen LogP contribution in [0.1, 0.15) is 73.1 Å². The van der Waals surface area contributed by atoms with Crippen molar-refractivity contribution in [3.63, 3.8) is 0 Å². The first-order valence-electron chi connectivity index (χ1n) is 9.35. The Hall–Kier alpha value is -1.32. The van der Waals surface area contributed by atoms with E-state index in [4.69, 9.17) is 0 Å². The van der Waals surface area contributed by atoms with E-state index in [2.05, 4.69) is 34.6 Å². The minimum Gasteiger partial charge on any atom is -0.477 e. The van der Waals surface area contributed by atoms with Crippen molar-refractivity contribution in [2.75, 3.05) is 0 Å². The van der Waals surface area contributed by atoms with Crippen LogP contribution in [0.25, 0.3) is 0 Å². The van der Waals surface area contributed by atoms with Crippen LogP contribution in [0.2, 0.25) is 0 Å². The van der Waals surface area contributed by atoms with E-state index < -0.39 is 11.9 Å². The van der Waals surface area contributed by atoms with Gasteiger partial charge in [0.2, 0.25) is 0 Å². The Morgan fingerprint density at radius 3 is 1.75 bits per heavy atom. The van der Waals surface area contributed by atoms with Gasteiger partial charge in [-0.2, -0.15) is 0 Å². The highest BCUT2D eigenvalue weighted by molar-refractivity contribution is 6.13. The molecule has 0 aromatic carbocycles. The third kappa shape index (κ3) is 5.64. The predicted molar refractivity (Wildman–Crippen MR) is 95.8 cm³/mol. The molecule has 2 unspecified atom stereocenters. The number of hydrogen-bond acceptors (Lipinski definition) is 2. The fourth-order valence-corrected chi connectivity index (χ4v) is 4.30. The van der Waals surface area contributed by atoms with E-state index in [1.807, 2.05) is 0 Å². The van der Waals surface area contributed by atoms with Gasteiger partial charge in [0.1, 0.15) is 5.57 Å². The number of carboxylic acids is 2. The van der Waals surface area contributed by atoms with E-state index in [0.29, 0.717) is 23.3 Å². The smallest absolute Gasteiger partial charge is 0.343 e.